The molecule has 2 aliphatic rings. The van der Waals surface area contributed by atoms with Crippen molar-refractivity contribution in [1.82, 2.24) is 15.5 Å². The molecule has 0 saturated carbocycles. The molecule has 1 N–H and O–H groups in total. The van der Waals surface area contributed by atoms with Gasteiger partial charge in [0.05, 0.1) is 11.3 Å². The number of nitrogens with one attached hydrogen (secondary N) is 1. The van der Waals surface area contributed by atoms with E-state index in [1.165, 1.54) is 24.3 Å². The molecule has 2 fully saturated rings. The van der Waals surface area contributed by atoms with Crippen molar-refractivity contribution in [3.05, 3.63) is 11.7 Å². The number of hydrogen-bond acceptors (Lipinski definition) is 6. The zero-order valence-corrected chi connectivity index (χ0v) is 12.2. The molecule has 2 saturated heterocycles. The first-order valence-electron chi connectivity index (χ1n) is 6.64. The van der Waals surface area contributed by atoms with Crippen molar-refractivity contribution in [2.24, 2.45) is 0 Å². The van der Waals surface area contributed by atoms with E-state index in [0.29, 0.717) is 10.5 Å². The van der Waals surface area contributed by atoms with Crippen LogP contribution in [0.1, 0.15) is 49.2 Å². The Kier molecular flexibility index (Phi) is 4.16. The van der Waals surface area contributed by atoms with Gasteiger partial charge >= 0.3 is 0 Å². The molecule has 0 aliphatic carbocycles. The molecule has 0 aromatic carbocycles. The summed E-state index contributed by atoms with van der Waals surface area (Å²) in [6, 6.07) is 0.275. The standard InChI is InChI=1S/C12H19N3OS2/c1-8-10(18-7-6-17-8)11-14-12(16-15-11)9-4-2-3-5-13-9/h8-10,13H,2-7H2,1H3/t8?,9-,10?/m0/s1. The number of piperidine rings is 1. The number of rotatable bonds is 2. The van der Waals surface area contributed by atoms with Crippen LogP contribution in [0.3, 0.4) is 0 Å². The smallest absolute Gasteiger partial charge is 0.243 e. The SMILES string of the molecule is CC1SCCSC1c1noc([C@@H]2CCCCN2)n1. The van der Waals surface area contributed by atoms with Crippen LogP contribution in [0.25, 0.3) is 0 Å². The second-order valence-corrected chi connectivity index (χ2v) is 7.60. The van der Waals surface area contributed by atoms with Crippen molar-refractivity contribution < 1.29 is 4.52 Å². The molecule has 0 bridgehead atoms. The zero-order chi connectivity index (χ0) is 12.4. The van der Waals surface area contributed by atoms with E-state index >= 15 is 0 Å². The summed E-state index contributed by atoms with van der Waals surface area (Å²) in [5.41, 5.74) is 0. The molecule has 0 radical (unpaired) electrons. The van der Waals surface area contributed by atoms with Gasteiger partial charge in [0.15, 0.2) is 5.82 Å². The predicted molar refractivity (Wildman–Crippen MR) is 76.0 cm³/mol. The Labute approximate surface area is 116 Å². The van der Waals surface area contributed by atoms with Gasteiger partial charge in [0.1, 0.15) is 0 Å². The average molecular weight is 285 g/mol. The molecule has 100 valence electrons. The van der Waals surface area contributed by atoms with E-state index in [1.54, 1.807) is 0 Å². The summed E-state index contributed by atoms with van der Waals surface area (Å²) in [6.07, 6.45) is 3.62. The van der Waals surface area contributed by atoms with Gasteiger partial charge in [-0.2, -0.15) is 16.7 Å². The lowest BCUT2D eigenvalue weighted by Crippen LogP contribution is -2.27. The van der Waals surface area contributed by atoms with Gasteiger partial charge < -0.3 is 9.84 Å². The maximum Gasteiger partial charge on any atom is 0.243 e. The van der Waals surface area contributed by atoms with Crippen molar-refractivity contribution in [1.29, 1.82) is 0 Å². The molecule has 4 nitrogen and oxygen atoms in total. The van der Waals surface area contributed by atoms with Crippen LogP contribution in [0.5, 0.6) is 0 Å². The van der Waals surface area contributed by atoms with Crippen LogP contribution < -0.4 is 5.32 Å². The first-order valence-corrected chi connectivity index (χ1v) is 8.74. The Hall–Kier alpha value is -0.200. The summed E-state index contributed by atoms with van der Waals surface area (Å²) < 4.78 is 5.46. The third-order valence-electron chi connectivity index (χ3n) is 3.51. The molecule has 6 heteroatoms. The van der Waals surface area contributed by atoms with Crippen LogP contribution >= 0.6 is 23.5 Å². The average Bonchev–Trinajstić information content (AvgIpc) is 2.90. The van der Waals surface area contributed by atoms with Gasteiger partial charge in [-0.25, -0.2) is 0 Å². The summed E-state index contributed by atoms with van der Waals surface area (Å²) in [6.45, 7) is 3.32. The molecule has 1 aromatic rings. The summed E-state index contributed by atoms with van der Waals surface area (Å²) in [5, 5.41) is 8.63. The van der Waals surface area contributed by atoms with Gasteiger partial charge in [-0.05, 0) is 19.4 Å². The van der Waals surface area contributed by atoms with Crippen LogP contribution in [0.15, 0.2) is 4.52 Å². The number of aromatic nitrogens is 2. The fourth-order valence-electron chi connectivity index (χ4n) is 2.48. The van der Waals surface area contributed by atoms with Crippen molar-refractivity contribution >= 4 is 23.5 Å². The van der Waals surface area contributed by atoms with E-state index < -0.39 is 0 Å². The molecular weight excluding hydrogens is 266 g/mol. The van der Waals surface area contributed by atoms with E-state index in [9.17, 15) is 0 Å². The van der Waals surface area contributed by atoms with Gasteiger partial charge in [0, 0.05) is 16.8 Å². The third-order valence-corrected chi connectivity index (χ3v) is 6.59. The molecule has 2 aliphatic heterocycles. The molecule has 0 spiro atoms. The molecule has 3 rings (SSSR count). The Morgan fingerprint density at radius 2 is 2.17 bits per heavy atom. The largest absolute Gasteiger partial charge is 0.338 e. The minimum absolute atomic E-state index is 0.275. The Balaban J connectivity index is 1.71. The van der Waals surface area contributed by atoms with E-state index in [2.05, 4.69) is 22.4 Å². The van der Waals surface area contributed by atoms with E-state index in [-0.39, 0.29) is 6.04 Å². The van der Waals surface area contributed by atoms with Crippen molar-refractivity contribution in [3.8, 4) is 0 Å². The van der Waals surface area contributed by atoms with Crippen LogP contribution in [0.2, 0.25) is 0 Å². The van der Waals surface area contributed by atoms with Gasteiger partial charge in [-0.3, -0.25) is 0 Å². The minimum Gasteiger partial charge on any atom is -0.338 e. The second-order valence-electron chi connectivity index (χ2n) is 4.86. The van der Waals surface area contributed by atoms with Crippen LogP contribution in [0.4, 0.5) is 0 Å². The highest BCUT2D eigenvalue weighted by atomic mass is 32.2. The quantitative estimate of drug-likeness (QED) is 0.902. The second kappa shape index (κ2) is 5.84. The normalized spacial score (nSPS) is 33.5. The Morgan fingerprint density at radius 1 is 1.28 bits per heavy atom. The zero-order valence-electron chi connectivity index (χ0n) is 10.6. The fourth-order valence-corrected chi connectivity index (χ4v) is 5.16. The number of hydrogen-bond donors (Lipinski definition) is 1. The Bertz CT molecular complexity index is 392. The highest BCUT2D eigenvalue weighted by molar-refractivity contribution is 8.06. The van der Waals surface area contributed by atoms with E-state index in [4.69, 9.17) is 4.52 Å². The highest BCUT2D eigenvalue weighted by Crippen LogP contribution is 2.41. The molecule has 3 heterocycles. The van der Waals surface area contributed by atoms with Gasteiger partial charge in [0.25, 0.3) is 0 Å². The van der Waals surface area contributed by atoms with Crippen LogP contribution in [-0.4, -0.2) is 33.4 Å². The third kappa shape index (κ3) is 2.70. The van der Waals surface area contributed by atoms with Crippen molar-refractivity contribution in [2.45, 2.75) is 42.7 Å². The van der Waals surface area contributed by atoms with Crippen LogP contribution in [0, 0.1) is 0 Å². The van der Waals surface area contributed by atoms with Gasteiger partial charge in [-0.1, -0.05) is 18.5 Å². The molecule has 2 unspecified atom stereocenters. The topological polar surface area (TPSA) is 51.0 Å². The van der Waals surface area contributed by atoms with Crippen LogP contribution in [-0.2, 0) is 0 Å². The highest BCUT2D eigenvalue weighted by Gasteiger charge is 2.30. The minimum atomic E-state index is 0.275. The Morgan fingerprint density at radius 3 is 2.94 bits per heavy atom. The summed E-state index contributed by atoms with van der Waals surface area (Å²) >= 11 is 3.97. The molecule has 1 aromatic heterocycles. The predicted octanol–water partition coefficient (Wildman–Crippen LogP) is 2.79. The lowest BCUT2D eigenvalue weighted by atomic mass is 10.1. The summed E-state index contributed by atoms with van der Waals surface area (Å²) in [7, 11) is 0. The molecular formula is C12H19N3OS2. The molecule has 18 heavy (non-hydrogen) atoms. The maximum atomic E-state index is 5.46. The van der Waals surface area contributed by atoms with E-state index in [1.807, 2.05) is 23.5 Å². The fraction of sp³-hybridized carbons (Fsp3) is 0.833. The summed E-state index contributed by atoms with van der Waals surface area (Å²) in [4.78, 5) is 4.63. The number of nitrogens with zero attached hydrogens (tertiary/aromatic N) is 2. The lowest BCUT2D eigenvalue weighted by Gasteiger charge is -2.25. The van der Waals surface area contributed by atoms with Gasteiger partial charge in [-0.15, -0.1) is 11.8 Å². The van der Waals surface area contributed by atoms with Crippen molar-refractivity contribution in [3.63, 3.8) is 0 Å². The monoisotopic (exact) mass is 285 g/mol. The first-order chi connectivity index (χ1) is 8.84. The lowest BCUT2D eigenvalue weighted by molar-refractivity contribution is 0.296. The maximum absolute atomic E-state index is 5.46. The molecule has 3 atom stereocenters. The van der Waals surface area contributed by atoms with Gasteiger partial charge in [0.2, 0.25) is 5.89 Å². The summed E-state index contributed by atoms with van der Waals surface area (Å²) in [5.74, 6) is 4.10. The first kappa shape index (κ1) is 12.8. The number of thioether (sulfide) groups is 2. The van der Waals surface area contributed by atoms with E-state index in [0.717, 1.165) is 24.7 Å². The molecule has 0 amide bonds. The van der Waals surface area contributed by atoms with Crippen molar-refractivity contribution in [2.75, 3.05) is 18.1 Å².